The average molecular weight is 349 g/mol. The first kappa shape index (κ1) is 17.9. The molecule has 0 heterocycles. The molecule has 0 bridgehead atoms. The van der Waals surface area contributed by atoms with E-state index in [0.29, 0.717) is 10.9 Å². The fourth-order valence-electron chi connectivity index (χ4n) is 2.36. The molecule has 0 saturated heterocycles. The topological polar surface area (TPSA) is 101 Å². The summed E-state index contributed by atoms with van der Waals surface area (Å²) in [6.07, 6.45) is -0.165. The molecule has 1 unspecified atom stereocenters. The van der Waals surface area contributed by atoms with Crippen LogP contribution in [0.2, 0.25) is 0 Å². The lowest BCUT2D eigenvalue weighted by atomic mass is 10.0. The summed E-state index contributed by atoms with van der Waals surface area (Å²) in [7, 11) is -3.30. The summed E-state index contributed by atoms with van der Waals surface area (Å²) in [6, 6.07) is 11.2. The summed E-state index contributed by atoms with van der Waals surface area (Å²) in [4.78, 5) is 23.8. The van der Waals surface area contributed by atoms with Gasteiger partial charge < -0.3 is 10.4 Å². The number of carbonyl (C=O) groups excluding carboxylic acids is 1. The molecule has 0 aliphatic rings. The predicted octanol–water partition coefficient (Wildman–Crippen LogP) is 1.85. The van der Waals surface area contributed by atoms with Gasteiger partial charge in [-0.2, -0.15) is 0 Å². The van der Waals surface area contributed by atoms with Crippen molar-refractivity contribution in [1.82, 2.24) is 5.32 Å². The number of nitrogens with one attached hydrogen (secondary N) is 1. The minimum absolute atomic E-state index is 0.0589. The van der Waals surface area contributed by atoms with Crippen molar-refractivity contribution in [3.8, 4) is 0 Å². The first-order valence-corrected chi connectivity index (χ1v) is 9.38. The van der Waals surface area contributed by atoms with Gasteiger partial charge in [0.25, 0.3) is 5.91 Å². The van der Waals surface area contributed by atoms with Crippen molar-refractivity contribution in [2.75, 3.05) is 11.5 Å². The van der Waals surface area contributed by atoms with Gasteiger partial charge in [0, 0.05) is 11.3 Å². The zero-order chi connectivity index (χ0) is 17.7. The molecule has 24 heavy (non-hydrogen) atoms. The first-order valence-electron chi connectivity index (χ1n) is 7.56. The summed E-state index contributed by atoms with van der Waals surface area (Å²) in [5.41, 5.74) is 0.359. The lowest BCUT2D eigenvalue weighted by Gasteiger charge is -2.15. The Labute approximate surface area is 140 Å². The van der Waals surface area contributed by atoms with Crippen LogP contribution in [-0.2, 0) is 14.6 Å². The van der Waals surface area contributed by atoms with Gasteiger partial charge in [-0.15, -0.1) is 0 Å². The van der Waals surface area contributed by atoms with Gasteiger partial charge >= 0.3 is 5.97 Å². The van der Waals surface area contributed by atoms with Crippen molar-refractivity contribution in [3.63, 3.8) is 0 Å². The molecule has 0 aromatic heterocycles. The molecule has 6 nitrogen and oxygen atoms in total. The Morgan fingerprint density at radius 2 is 1.79 bits per heavy atom. The van der Waals surface area contributed by atoms with Gasteiger partial charge in [-0.25, -0.2) is 13.2 Å². The van der Waals surface area contributed by atoms with Crippen LogP contribution < -0.4 is 5.32 Å². The quantitative estimate of drug-likeness (QED) is 0.794. The largest absolute Gasteiger partial charge is 0.480 e. The maximum atomic E-state index is 12.4. The summed E-state index contributed by atoms with van der Waals surface area (Å²) in [6.45, 7) is 1.50. The maximum absolute atomic E-state index is 12.4. The number of benzene rings is 2. The molecule has 0 fully saturated rings. The summed E-state index contributed by atoms with van der Waals surface area (Å²) in [5, 5.41) is 13.2. The second-order valence-electron chi connectivity index (χ2n) is 5.42. The van der Waals surface area contributed by atoms with Gasteiger partial charge in [-0.1, -0.05) is 43.3 Å². The number of hydrogen-bond acceptors (Lipinski definition) is 4. The molecule has 2 N–H and O–H groups in total. The van der Waals surface area contributed by atoms with Gasteiger partial charge in [0.15, 0.2) is 0 Å². The van der Waals surface area contributed by atoms with Crippen LogP contribution in [0, 0.1) is 0 Å². The van der Waals surface area contributed by atoms with Crippen LogP contribution in [0.15, 0.2) is 42.5 Å². The van der Waals surface area contributed by atoms with Crippen molar-refractivity contribution in [1.29, 1.82) is 0 Å². The van der Waals surface area contributed by atoms with Gasteiger partial charge in [-0.05, 0) is 23.3 Å². The van der Waals surface area contributed by atoms with E-state index in [2.05, 4.69) is 5.32 Å². The number of aliphatic carboxylic acids is 1. The van der Waals surface area contributed by atoms with Crippen molar-refractivity contribution in [2.24, 2.45) is 0 Å². The molecule has 0 radical (unpaired) electrons. The number of carboxylic acid groups (broad SMARTS) is 1. The third-order valence-electron chi connectivity index (χ3n) is 3.80. The van der Waals surface area contributed by atoms with E-state index >= 15 is 0 Å². The lowest BCUT2D eigenvalue weighted by molar-refractivity contribution is -0.139. The SMILES string of the molecule is CCS(=O)(=O)CCC(NC(=O)c1cccc2ccccc12)C(=O)O. The number of fused-ring (bicyclic) bond motifs is 1. The molecule has 7 heteroatoms. The number of sulfone groups is 1. The zero-order valence-electron chi connectivity index (χ0n) is 13.2. The summed E-state index contributed by atoms with van der Waals surface area (Å²) >= 11 is 0. The van der Waals surface area contributed by atoms with Crippen molar-refractivity contribution < 1.29 is 23.1 Å². The summed E-state index contributed by atoms with van der Waals surface area (Å²) < 4.78 is 23.1. The predicted molar refractivity (Wildman–Crippen MR) is 91.8 cm³/mol. The third-order valence-corrected chi connectivity index (χ3v) is 5.53. The van der Waals surface area contributed by atoms with E-state index in [1.807, 2.05) is 18.2 Å². The minimum atomic E-state index is -3.30. The van der Waals surface area contributed by atoms with Gasteiger partial charge in [-0.3, -0.25) is 4.79 Å². The Balaban J connectivity index is 2.20. The Kier molecular flexibility index (Phi) is 5.56. The number of hydrogen-bond donors (Lipinski definition) is 2. The van der Waals surface area contributed by atoms with Crippen molar-refractivity contribution in [3.05, 3.63) is 48.0 Å². The number of amides is 1. The van der Waals surface area contributed by atoms with E-state index in [9.17, 15) is 23.1 Å². The first-order chi connectivity index (χ1) is 11.3. The van der Waals surface area contributed by atoms with Gasteiger partial charge in [0.05, 0.1) is 5.75 Å². The van der Waals surface area contributed by atoms with E-state index in [1.165, 1.54) is 6.92 Å². The molecule has 0 saturated carbocycles. The van der Waals surface area contributed by atoms with Crippen LogP contribution in [0.1, 0.15) is 23.7 Å². The number of carboxylic acids is 1. The number of rotatable bonds is 7. The molecule has 0 aliphatic heterocycles. The van der Waals surface area contributed by atoms with E-state index in [1.54, 1.807) is 24.3 Å². The minimum Gasteiger partial charge on any atom is -0.480 e. The third kappa shape index (κ3) is 4.32. The highest BCUT2D eigenvalue weighted by Gasteiger charge is 2.23. The Morgan fingerprint density at radius 3 is 2.46 bits per heavy atom. The smallest absolute Gasteiger partial charge is 0.326 e. The van der Waals surface area contributed by atoms with Crippen LogP contribution in [0.5, 0.6) is 0 Å². The fraction of sp³-hybridized carbons (Fsp3) is 0.294. The lowest BCUT2D eigenvalue weighted by Crippen LogP contribution is -2.42. The molecule has 1 amide bonds. The molecule has 2 rings (SSSR count). The molecule has 1 atom stereocenters. The second kappa shape index (κ2) is 7.44. The molecule has 0 aliphatic carbocycles. The van der Waals surface area contributed by atoms with E-state index in [0.717, 1.165) is 5.39 Å². The van der Waals surface area contributed by atoms with Crippen LogP contribution in [0.25, 0.3) is 10.8 Å². The Hall–Kier alpha value is -2.41. The van der Waals surface area contributed by atoms with Crippen LogP contribution in [0.3, 0.4) is 0 Å². The Bertz CT molecular complexity index is 855. The molecular weight excluding hydrogens is 330 g/mol. The highest BCUT2D eigenvalue weighted by molar-refractivity contribution is 7.91. The monoisotopic (exact) mass is 349 g/mol. The van der Waals surface area contributed by atoms with E-state index in [4.69, 9.17) is 0 Å². The molecule has 0 spiro atoms. The highest BCUT2D eigenvalue weighted by Crippen LogP contribution is 2.18. The van der Waals surface area contributed by atoms with Gasteiger partial charge in [0.2, 0.25) is 0 Å². The fourth-order valence-corrected chi connectivity index (χ4v) is 3.24. The maximum Gasteiger partial charge on any atom is 0.326 e. The number of carbonyl (C=O) groups is 2. The Morgan fingerprint density at radius 1 is 1.12 bits per heavy atom. The molecular formula is C17H19NO5S. The average Bonchev–Trinajstić information content (AvgIpc) is 2.57. The van der Waals surface area contributed by atoms with E-state index in [-0.39, 0.29) is 17.9 Å². The highest BCUT2D eigenvalue weighted by atomic mass is 32.2. The molecule has 2 aromatic rings. The van der Waals surface area contributed by atoms with Crippen molar-refractivity contribution in [2.45, 2.75) is 19.4 Å². The summed E-state index contributed by atoms with van der Waals surface area (Å²) in [5.74, 6) is -2.13. The standard InChI is InChI=1S/C17H19NO5S/c1-2-24(22,23)11-10-15(17(20)21)18-16(19)14-9-5-7-12-6-3-4-8-13(12)14/h3-9,15H,2,10-11H2,1H3,(H,18,19)(H,20,21). The zero-order valence-corrected chi connectivity index (χ0v) is 14.0. The molecule has 128 valence electrons. The van der Waals surface area contributed by atoms with E-state index < -0.39 is 27.8 Å². The second-order valence-corrected chi connectivity index (χ2v) is 7.89. The van der Waals surface area contributed by atoms with Crippen LogP contribution in [-0.4, -0.2) is 42.9 Å². The van der Waals surface area contributed by atoms with Crippen LogP contribution >= 0.6 is 0 Å². The van der Waals surface area contributed by atoms with Crippen molar-refractivity contribution >= 4 is 32.5 Å². The van der Waals surface area contributed by atoms with Crippen LogP contribution in [0.4, 0.5) is 0 Å². The molecule has 2 aromatic carbocycles. The normalized spacial score (nSPS) is 12.7. The van der Waals surface area contributed by atoms with Gasteiger partial charge in [0.1, 0.15) is 15.9 Å².